The lowest BCUT2D eigenvalue weighted by molar-refractivity contribution is -0.0510. The molecule has 0 heterocycles. The first kappa shape index (κ1) is 16.2. The molecule has 0 aliphatic rings. The monoisotopic (exact) mass is 253 g/mol. The van der Waals surface area contributed by atoms with E-state index in [9.17, 15) is 13.2 Å². The fourth-order valence-corrected chi connectivity index (χ4v) is 0.352. The highest BCUT2D eigenvalue weighted by atomic mass is 32.2. The van der Waals surface area contributed by atoms with Crippen LogP contribution in [-0.4, -0.2) is 25.0 Å². The molecule has 0 rings (SSSR count). The first-order valence-corrected chi connectivity index (χ1v) is 5.30. The molecule has 0 aliphatic carbocycles. The maximum Gasteiger partial charge on any atom is 0.522 e. The van der Waals surface area contributed by atoms with Crippen molar-refractivity contribution in [3.8, 4) is 0 Å². The van der Waals surface area contributed by atoms with Crippen molar-refractivity contribution >= 4 is 22.5 Å². The van der Waals surface area contributed by atoms with E-state index < -0.39 is 15.6 Å². The fraction of sp³-hybridized carbons (Fsp3) is 1.00. The summed E-state index contributed by atoms with van der Waals surface area (Å²) in [5, 5.41) is 0. The zero-order chi connectivity index (χ0) is 11.8. The molecule has 0 amide bonds. The van der Waals surface area contributed by atoms with Gasteiger partial charge < -0.3 is 0 Å². The van der Waals surface area contributed by atoms with Gasteiger partial charge in [-0.05, 0) is 6.42 Å². The molecule has 0 atom stereocenters. The number of hydrogen-bond donors (Lipinski definition) is 1. The van der Waals surface area contributed by atoms with Crippen molar-refractivity contribution in [2.75, 3.05) is 6.54 Å². The molecule has 1 N–H and O–H groups in total. The van der Waals surface area contributed by atoms with E-state index in [2.05, 4.69) is 23.7 Å². The molecule has 0 spiro atoms. The normalized spacial score (nSPS) is 11.5. The predicted molar refractivity (Wildman–Crippen MR) is 47.2 cm³/mol. The molecule has 0 aromatic carbocycles. The minimum Gasteiger partial charge on any atom is -0.279 e. The largest absolute Gasteiger partial charge is 0.522 e. The number of alkyl halides is 3. The Morgan fingerprint density at radius 2 is 1.79 bits per heavy atom. The summed E-state index contributed by atoms with van der Waals surface area (Å²) in [5.41, 5.74) is -5.53. The van der Waals surface area contributed by atoms with Gasteiger partial charge in [0.2, 0.25) is 0 Å². The molecule has 86 valence electrons. The maximum atomic E-state index is 10.7. The summed E-state index contributed by atoms with van der Waals surface area (Å²) in [4.78, 5) is 0. The van der Waals surface area contributed by atoms with Crippen LogP contribution in [0.2, 0.25) is 0 Å². The van der Waals surface area contributed by atoms with E-state index >= 15 is 0 Å². The first-order chi connectivity index (χ1) is 6.16. The molecular weight excluding hydrogens is 243 g/mol. The third kappa shape index (κ3) is 9.81. The van der Waals surface area contributed by atoms with Crippen LogP contribution >= 0.6 is 0 Å². The minimum atomic E-state index is -5.84. The first-order valence-electron chi connectivity index (χ1n) is 3.49. The van der Waals surface area contributed by atoms with Crippen LogP contribution in [0.3, 0.4) is 0 Å². The van der Waals surface area contributed by atoms with Gasteiger partial charge in [-0.15, -0.1) is 0 Å². The Kier molecular flexibility index (Phi) is 8.16. The molecule has 14 heavy (non-hydrogen) atoms. The number of unbranched alkanes of at least 4 members (excludes halogenated alkanes) is 1. The Balaban J connectivity index is 0. The van der Waals surface area contributed by atoms with Crippen LogP contribution in [0, 0.1) is 0 Å². The van der Waals surface area contributed by atoms with Gasteiger partial charge in [-0.1, -0.05) is 13.3 Å². The number of halogens is 3. The van der Waals surface area contributed by atoms with E-state index in [1.807, 2.05) is 0 Å². The fourth-order valence-electron chi connectivity index (χ4n) is 0.223. The summed E-state index contributed by atoms with van der Waals surface area (Å²) in [6.45, 7) is 2.98. The molecule has 0 bridgehead atoms. The van der Waals surface area contributed by atoms with E-state index in [1.165, 1.54) is 6.42 Å². The third-order valence-electron chi connectivity index (χ3n) is 0.895. The molecule has 0 aliphatic heterocycles. The molecule has 9 heteroatoms. The predicted octanol–water partition coefficient (Wildman–Crippen LogP) is 1.91. The summed E-state index contributed by atoms with van der Waals surface area (Å²) in [7, 11) is -5.84. The number of hydrogen-bond acceptors (Lipinski definition) is 4. The standard InChI is InChI=1S/C4H9NS.CHF3O3S/c1-2-3-4-5-6;2-1(3,4)8(5,6)7/h2-4H2,1H3;(H,5,6,7). The highest BCUT2D eigenvalue weighted by molar-refractivity contribution is 7.86. The van der Waals surface area contributed by atoms with Gasteiger partial charge >= 0.3 is 15.6 Å². The average molecular weight is 253 g/mol. The molecule has 4 nitrogen and oxygen atoms in total. The maximum absolute atomic E-state index is 10.7. The van der Waals surface area contributed by atoms with Gasteiger partial charge in [0.1, 0.15) is 0 Å². The molecule has 0 aromatic rings. The second-order valence-corrected chi connectivity index (χ2v) is 3.80. The SMILES string of the molecule is CCCCN=S.O=S(=O)(O)C(F)(F)F. The number of rotatable bonds is 3. The van der Waals surface area contributed by atoms with Gasteiger partial charge in [-0.3, -0.25) is 4.55 Å². The van der Waals surface area contributed by atoms with Gasteiger partial charge in [0.25, 0.3) is 0 Å². The molecular formula is C5H10F3NO3S2. The Bertz CT molecular complexity index is 249. The second kappa shape index (κ2) is 7.07. The van der Waals surface area contributed by atoms with Crippen LogP contribution < -0.4 is 0 Å². The quantitative estimate of drug-likeness (QED) is 0.474. The van der Waals surface area contributed by atoms with E-state index in [1.54, 1.807) is 0 Å². The van der Waals surface area contributed by atoms with Crippen LogP contribution in [0.25, 0.3) is 0 Å². The highest BCUT2D eigenvalue weighted by Gasteiger charge is 2.44. The molecule has 0 radical (unpaired) electrons. The van der Waals surface area contributed by atoms with Gasteiger partial charge in [-0.2, -0.15) is 21.6 Å². The van der Waals surface area contributed by atoms with Crippen LogP contribution in [0.1, 0.15) is 19.8 Å². The lowest BCUT2D eigenvalue weighted by Crippen LogP contribution is -2.21. The summed E-state index contributed by atoms with van der Waals surface area (Å²) in [6, 6.07) is 0. The Morgan fingerprint density at radius 1 is 1.43 bits per heavy atom. The minimum absolute atomic E-state index is 0.853. The van der Waals surface area contributed by atoms with Gasteiger partial charge in [0, 0.05) is 12.4 Å². The summed E-state index contributed by atoms with van der Waals surface area (Å²) in [6.07, 6.45) is 2.34. The summed E-state index contributed by atoms with van der Waals surface area (Å²) >= 11 is 4.34. The Hall–Kier alpha value is -0.280. The van der Waals surface area contributed by atoms with Gasteiger partial charge in [-0.25, -0.2) is 4.36 Å². The van der Waals surface area contributed by atoms with E-state index in [0.717, 1.165) is 13.0 Å². The number of nitrogens with zero attached hydrogens (tertiary/aromatic N) is 1. The summed E-state index contributed by atoms with van der Waals surface area (Å²) < 4.78 is 61.1. The van der Waals surface area contributed by atoms with Crippen molar-refractivity contribution < 1.29 is 26.1 Å². The molecule has 0 aromatic heterocycles. The molecule has 0 saturated heterocycles. The van der Waals surface area contributed by atoms with Gasteiger partial charge in [0.05, 0.1) is 6.54 Å². The molecule has 0 saturated carbocycles. The van der Waals surface area contributed by atoms with Crippen LogP contribution in [0.4, 0.5) is 13.2 Å². The Labute approximate surface area is 85.4 Å². The van der Waals surface area contributed by atoms with E-state index in [-0.39, 0.29) is 0 Å². The zero-order valence-electron chi connectivity index (χ0n) is 7.28. The van der Waals surface area contributed by atoms with Crippen molar-refractivity contribution in [2.24, 2.45) is 4.36 Å². The highest BCUT2D eigenvalue weighted by Crippen LogP contribution is 2.20. The van der Waals surface area contributed by atoms with Gasteiger partial charge in [0.15, 0.2) is 0 Å². The average Bonchev–Trinajstić information content (AvgIpc) is 1.98. The smallest absolute Gasteiger partial charge is 0.279 e. The third-order valence-corrected chi connectivity index (χ3v) is 1.66. The van der Waals surface area contributed by atoms with E-state index in [0.29, 0.717) is 0 Å². The molecule has 0 unspecified atom stereocenters. The second-order valence-electron chi connectivity index (χ2n) is 2.13. The molecule has 0 fully saturated rings. The van der Waals surface area contributed by atoms with Crippen molar-refractivity contribution in [3.05, 3.63) is 0 Å². The van der Waals surface area contributed by atoms with E-state index in [4.69, 9.17) is 13.0 Å². The van der Waals surface area contributed by atoms with Crippen molar-refractivity contribution in [3.63, 3.8) is 0 Å². The van der Waals surface area contributed by atoms with Crippen LogP contribution in [0.5, 0.6) is 0 Å². The lowest BCUT2D eigenvalue weighted by Gasteiger charge is -1.97. The van der Waals surface area contributed by atoms with Crippen LogP contribution in [0.15, 0.2) is 4.36 Å². The Morgan fingerprint density at radius 3 is 1.86 bits per heavy atom. The zero-order valence-corrected chi connectivity index (χ0v) is 8.92. The van der Waals surface area contributed by atoms with Crippen LogP contribution in [-0.2, 0) is 22.5 Å². The lowest BCUT2D eigenvalue weighted by atomic mass is 10.3. The van der Waals surface area contributed by atoms with Crippen molar-refractivity contribution in [1.82, 2.24) is 0 Å². The van der Waals surface area contributed by atoms with Crippen molar-refractivity contribution in [2.45, 2.75) is 25.3 Å². The summed E-state index contributed by atoms with van der Waals surface area (Å²) in [5.74, 6) is 0. The topological polar surface area (TPSA) is 66.7 Å². The van der Waals surface area contributed by atoms with Crippen molar-refractivity contribution in [1.29, 1.82) is 0 Å².